The van der Waals surface area contributed by atoms with Gasteiger partial charge in [0.1, 0.15) is 5.82 Å². The van der Waals surface area contributed by atoms with Gasteiger partial charge in [0.15, 0.2) is 0 Å². The summed E-state index contributed by atoms with van der Waals surface area (Å²) in [4.78, 5) is 11.4. The number of nitrogens with zero attached hydrogens (tertiary/aromatic N) is 6. The van der Waals surface area contributed by atoms with Gasteiger partial charge in [-0.3, -0.25) is 4.68 Å². The van der Waals surface area contributed by atoms with E-state index >= 15 is 0 Å². The summed E-state index contributed by atoms with van der Waals surface area (Å²) in [6, 6.07) is 8.14. The molecule has 0 saturated carbocycles. The number of hydrogen-bond acceptors (Lipinski definition) is 7. The minimum Gasteiger partial charge on any atom is -0.341 e. The van der Waals surface area contributed by atoms with Crippen molar-refractivity contribution in [2.45, 2.75) is 54.4 Å². The van der Waals surface area contributed by atoms with Crippen LogP contribution in [0.3, 0.4) is 0 Å². The monoisotopic (exact) mass is 557 g/mol. The normalized spacial score (nSPS) is 16.2. The van der Waals surface area contributed by atoms with Gasteiger partial charge in [-0.15, -0.1) is 0 Å². The molecule has 0 aliphatic carbocycles. The summed E-state index contributed by atoms with van der Waals surface area (Å²) in [5.41, 5.74) is 3.75. The summed E-state index contributed by atoms with van der Waals surface area (Å²) in [6.07, 6.45) is 7.41. The molecular weight excluding hydrogens is 510 g/mol. The van der Waals surface area contributed by atoms with E-state index in [9.17, 15) is 8.42 Å². The summed E-state index contributed by atoms with van der Waals surface area (Å²) >= 11 is 0. The Bertz CT molecular complexity index is 1310. The Labute approximate surface area is 235 Å². The molecule has 39 heavy (non-hydrogen) atoms. The van der Waals surface area contributed by atoms with Crippen molar-refractivity contribution in [2.24, 2.45) is 29.0 Å². The maximum absolute atomic E-state index is 12.4. The molecule has 1 aromatic heterocycles. The largest absolute Gasteiger partial charge is 0.341 e. The minimum atomic E-state index is -3.78. The van der Waals surface area contributed by atoms with E-state index < -0.39 is 10.0 Å². The van der Waals surface area contributed by atoms with Crippen molar-refractivity contribution >= 4 is 21.7 Å². The molecule has 0 spiro atoms. The van der Waals surface area contributed by atoms with Crippen molar-refractivity contribution in [1.82, 2.24) is 19.6 Å². The molecule has 216 valence electrons. The molecule has 10 heteroatoms. The molecule has 1 aliphatic rings. The Hall–Kier alpha value is -3.11. The zero-order valence-electron chi connectivity index (χ0n) is 25.3. The molecule has 0 bridgehead atoms. The van der Waals surface area contributed by atoms with Crippen LogP contribution >= 0.6 is 0 Å². The average Bonchev–Trinajstić information content (AvgIpc) is 2.91. The van der Waals surface area contributed by atoms with E-state index in [0.717, 1.165) is 40.8 Å². The number of nitrogens with two attached hydrogens (primary N) is 1. The summed E-state index contributed by atoms with van der Waals surface area (Å²) in [7, 11) is 4.09. The van der Waals surface area contributed by atoms with Crippen molar-refractivity contribution in [3.8, 4) is 0 Å². The zero-order valence-corrected chi connectivity index (χ0v) is 26.1. The van der Waals surface area contributed by atoms with Crippen LogP contribution in [-0.2, 0) is 17.1 Å². The van der Waals surface area contributed by atoms with E-state index in [2.05, 4.69) is 27.0 Å². The van der Waals surface area contributed by atoms with Gasteiger partial charge in [0.25, 0.3) is 0 Å². The number of allylic oxidation sites excluding steroid dienone is 3. The third-order valence-corrected chi connectivity index (χ3v) is 8.58. The van der Waals surface area contributed by atoms with E-state index in [1.165, 1.54) is 0 Å². The molecule has 2 unspecified atom stereocenters. The van der Waals surface area contributed by atoms with E-state index in [-0.39, 0.29) is 11.8 Å². The van der Waals surface area contributed by atoms with E-state index in [1.807, 2.05) is 110 Å². The first kappa shape index (κ1) is 32.1. The van der Waals surface area contributed by atoms with E-state index in [1.54, 1.807) is 0 Å². The lowest BCUT2D eigenvalue weighted by molar-refractivity contribution is 0.465. The molecule has 2 atom stereocenters. The van der Waals surface area contributed by atoms with Gasteiger partial charge in [-0.05, 0) is 69.7 Å². The van der Waals surface area contributed by atoms with Crippen LogP contribution in [0, 0.1) is 25.7 Å². The number of hydrogen-bond donors (Lipinski definition) is 1. The highest BCUT2D eigenvalue weighted by Crippen LogP contribution is 2.28. The molecule has 1 aliphatic heterocycles. The Kier molecular flexibility index (Phi) is 11.4. The second-order valence-corrected chi connectivity index (χ2v) is 12.0. The van der Waals surface area contributed by atoms with Crippen LogP contribution in [0.2, 0.25) is 0 Å². The lowest BCUT2D eigenvalue weighted by atomic mass is 9.94. The molecule has 0 radical (unpaired) electrons. The highest BCUT2D eigenvalue weighted by atomic mass is 32.2. The maximum Gasteiger partial charge on any atom is 0.234 e. The fraction of sp³-hybridized carbons (Fsp3) is 0.517. The molecule has 9 nitrogen and oxygen atoms in total. The summed E-state index contributed by atoms with van der Waals surface area (Å²) in [5.74, 6) is 1.55. The highest BCUT2D eigenvalue weighted by Gasteiger charge is 2.24. The van der Waals surface area contributed by atoms with Gasteiger partial charge in [0.2, 0.25) is 16.0 Å². The Morgan fingerprint density at radius 3 is 2.46 bits per heavy atom. The average molecular weight is 558 g/mol. The van der Waals surface area contributed by atoms with Gasteiger partial charge < -0.3 is 14.7 Å². The second kappa shape index (κ2) is 13.8. The zero-order chi connectivity index (χ0) is 29.5. The Morgan fingerprint density at radius 1 is 1.18 bits per heavy atom. The first-order valence-electron chi connectivity index (χ1n) is 13.4. The predicted molar refractivity (Wildman–Crippen MR) is 163 cm³/mol. The smallest absolute Gasteiger partial charge is 0.234 e. The van der Waals surface area contributed by atoms with Crippen molar-refractivity contribution < 1.29 is 8.42 Å². The highest BCUT2D eigenvalue weighted by molar-refractivity contribution is 7.93. The predicted octanol–water partition coefficient (Wildman–Crippen LogP) is 4.82. The molecular formula is C29H47N7O2S. The fourth-order valence-electron chi connectivity index (χ4n) is 4.47. The van der Waals surface area contributed by atoms with Crippen molar-refractivity contribution in [3.05, 3.63) is 70.3 Å². The standard InChI is InChI=1S/C29H47N7O2S/c1-11-21(2)25(6)28(39(30,37)38)22(3)14-13-18-33(7)29-31-27(17-19-34(29)8)35(9)26-16-12-15-24(5)36(10)32-23(4)20-26/h12-13,15-18,20-22H,11,14,19H2,1-10H3,(H2,30,37,38). The van der Waals surface area contributed by atoms with Crippen LogP contribution < -0.4 is 10.0 Å². The number of guanidine groups is 1. The van der Waals surface area contributed by atoms with Crippen molar-refractivity contribution in [1.29, 1.82) is 0 Å². The topological polar surface area (TPSA) is 100 Å². The molecule has 1 aromatic rings. The first-order valence-corrected chi connectivity index (χ1v) is 14.9. The number of sulfonamides is 1. The summed E-state index contributed by atoms with van der Waals surface area (Å²) < 4.78 is 26.6. The molecule has 0 amide bonds. The maximum atomic E-state index is 12.4. The number of likely N-dealkylation sites (N-methyl/N-ethyl adjacent to an activating group) is 1. The van der Waals surface area contributed by atoms with Gasteiger partial charge in [0, 0.05) is 52.3 Å². The fourth-order valence-corrected chi connectivity index (χ4v) is 5.78. The lowest BCUT2D eigenvalue weighted by Gasteiger charge is -2.32. The molecule has 0 fully saturated rings. The van der Waals surface area contributed by atoms with Gasteiger partial charge in [-0.2, -0.15) is 10.1 Å². The minimum absolute atomic E-state index is 0.156. The third kappa shape index (κ3) is 8.69. The number of primary sulfonamides is 1. The number of aromatic nitrogens is 2. The number of aliphatic imine (C=N–C) groups is 1. The quantitative estimate of drug-likeness (QED) is 0.467. The van der Waals surface area contributed by atoms with Crippen molar-refractivity contribution in [2.75, 3.05) is 32.6 Å². The van der Waals surface area contributed by atoms with E-state index in [0.29, 0.717) is 17.9 Å². The molecule has 2 N–H and O–H groups in total. The third-order valence-electron chi connectivity index (χ3n) is 7.24. The molecule has 0 saturated heterocycles. The van der Waals surface area contributed by atoms with Crippen LogP contribution in [0.4, 0.5) is 5.69 Å². The van der Waals surface area contributed by atoms with Gasteiger partial charge in [-0.25, -0.2) is 13.6 Å². The van der Waals surface area contributed by atoms with Crippen LogP contribution in [0.1, 0.15) is 51.9 Å². The summed E-state index contributed by atoms with van der Waals surface area (Å²) in [5, 5.41) is 10.2. The van der Waals surface area contributed by atoms with Gasteiger partial charge >= 0.3 is 0 Å². The number of anilines is 1. The first-order chi connectivity index (χ1) is 18.2. The Balaban J connectivity index is 2.30. The second-order valence-electron chi connectivity index (χ2n) is 10.4. The van der Waals surface area contributed by atoms with Crippen LogP contribution in [-0.4, -0.2) is 61.6 Å². The Morgan fingerprint density at radius 2 is 1.85 bits per heavy atom. The number of rotatable bonds is 9. The van der Waals surface area contributed by atoms with Gasteiger partial charge in [-0.1, -0.05) is 38.5 Å². The number of aryl methyl sites for hydroxylation is 3. The van der Waals surface area contributed by atoms with Crippen LogP contribution in [0.25, 0.3) is 0 Å². The molecule has 2 heterocycles. The van der Waals surface area contributed by atoms with Crippen LogP contribution in [0.5, 0.6) is 0 Å². The lowest BCUT2D eigenvalue weighted by Crippen LogP contribution is -2.40. The molecule has 0 aromatic carbocycles. The van der Waals surface area contributed by atoms with Crippen molar-refractivity contribution in [3.63, 3.8) is 0 Å². The summed E-state index contributed by atoms with van der Waals surface area (Å²) in [6.45, 7) is 12.6. The SMILES string of the molecule is CCC(C)C(C)=C(C(C)CC=CN(C)C1=NC(N(C)c2cccc(C)n(C)nc(C)c2)=CCN1C)S(N)(=O)=O. The van der Waals surface area contributed by atoms with Gasteiger partial charge in [0.05, 0.1) is 10.6 Å². The van der Waals surface area contributed by atoms with E-state index in [4.69, 9.17) is 10.1 Å². The molecule has 2 rings (SSSR count). The van der Waals surface area contributed by atoms with Crippen LogP contribution in [0.15, 0.2) is 63.9 Å².